The highest BCUT2D eigenvalue weighted by molar-refractivity contribution is 5.57. The number of nitrogen functional groups attached to an aromatic ring is 1. The van der Waals surface area contributed by atoms with Gasteiger partial charge in [-0.1, -0.05) is 26.7 Å². The van der Waals surface area contributed by atoms with E-state index in [1.807, 2.05) is 12.1 Å². The zero-order valence-electron chi connectivity index (χ0n) is 10.7. The number of unbranched alkanes of at least 4 members (excludes halogenated alkanes) is 1. The van der Waals surface area contributed by atoms with Gasteiger partial charge < -0.3 is 11.1 Å². The highest BCUT2D eigenvalue weighted by atomic mass is 14.9. The summed E-state index contributed by atoms with van der Waals surface area (Å²) in [7, 11) is 0. The van der Waals surface area contributed by atoms with Crippen molar-refractivity contribution in [3.8, 4) is 0 Å². The van der Waals surface area contributed by atoms with Crippen LogP contribution in [0, 0.1) is 12.8 Å². The molecule has 0 aromatic heterocycles. The van der Waals surface area contributed by atoms with Gasteiger partial charge >= 0.3 is 0 Å². The monoisotopic (exact) mass is 220 g/mol. The Kier molecular flexibility index (Phi) is 5.17. The van der Waals surface area contributed by atoms with E-state index < -0.39 is 0 Å². The molecule has 2 nitrogen and oxygen atoms in total. The van der Waals surface area contributed by atoms with E-state index in [1.165, 1.54) is 30.5 Å². The van der Waals surface area contributed by atoms with Gasteiger partial charge in [-0.05, 0) is 43.0 Å². The number of rotatable bonds is 6. The van der Waals surface area contributed by atoms with E-state index in [0.717, 1.165) is 18.2 Å². The number of hydrogen-bond donors (Lipinski definition) is 2. The molecule has 0 heterocycles. The Hall–Kier alpha value is -1.18. The molecular formula is C14H24N2. The molecule has 0 saturated heterocycles. The van der Waals surface area contributed by atoms with Gasteiger partial charge in [0.25, 0.3) is 0 Å². The largest absolute Gasteiger partial charge is 0.399 e. The van der Waals surface area contributed by atoms with E-state index >= 15 is 0 Å². The molecule has 1 rings (SSSR count). The number of hydrogen-bond acceptors (Lipinski definition) is 2. The van der Waals surface area contributed by atoms with Crippen LogP contribution in [0.15, 0.2) is 18.2 Å². The Labute approximate surface area is 99.2 Å². The summed E-state index contributed by atoms with van der Waals surface area (Å²) < 4.78 is 0. The molecule has 0 unspecified atom stereocenters. The molecule has 0 bridgehead atoms. The summed E-state index contributed by atoms with van der Waals surface area (Å²) in [5.74, 6) is 0.818. The molecule has 0 spiro atoms. The van der Waals surface area contributed by atoms with Gasteiger partial charge in [0.2, 0.25) is 0 Å². The molecule has 0 radical (unpaired) electrons. The molecule has 1 aromatic carbocycles. The van der Waals surface area contributed by atoms with Gasteiger partial charge in [0.05, 0.1) is 0 Å². The lowest BCUT2D eigenvalue weighted by Crippen LogP contribution is -2.03. The predicted molar refractivity (Wildman–Crippen MR) is 72.8 cm³/mol. The second-order valence-electron chi connectivity index (χ2n) is 4.89. The maximum absolute atomic E-state index is 5.71. The average molecular weight is 220 g/mol. The van der Waals surface area contributed by atoms with Gasteiger partial charge in [-0.2, -0.15) is 0 Å². The maximum atomic E-state index is 5.71. The van der Waals surface area contributed by atoms with Gasteiger partial charge in [-0.3, -0.25) is 0 Å². The first-order chi connectivity index (χ1) is 7.59. The highest BCUT2D eigenvalue weighted by Crippen LogP contribution is 2.17. The van der Waals surface area contributed by atoms with Gasteiger partial charge in [-0.15, -0.1) is 0 Å². The van der Waals surface area contributed by atoms with Crippen LogP contribution in [0.2, 0.25) is 0 Å². The van der Waals surface area contributed by atoms with E-state index in [0.29, 0.717) is 0 Å². The third-order valence-corrected chi connectivity index (χ3v) is 2.77. The fourth-order valence-electron chi connectivity index (χ4n) is 1.79. The second-order valence-corrected chi connectivity index (χ2v) is 4.89. The molecule has 1 aromatic rings. The fraction of sp³-hybridized carbons (Fsp3) is 0.571. The summed E-state index contributed by atoms with van der Waals surface area (Å²) >= 11 is 0. The summed E-state index contributed by atoms with van der Waals surface area (Å²) in [5, 5.41) is 3.46. The molecule has 3 N–H and O–H groups in total. The lowest BCUT2D eigenvalue weighted by Gasteiger charge is -2.10. The van der Waals surface area contributed by atoms with Crippen molar-refractivity contribution in [2.45, 2.75) is 40.0 Å². The summed E-state index contributed by atoms with van der Waals surface area (Å²) in [4.78, 5) is 0. The first-order valence-electron chi connectivity index (χ1n) is 6.19. The molecule has 16 heavy (non-hydrogen) atoms. The van der Waals surface area contributed by atoms with Gasteiger partial charge in [0, 0.05) is 17.9 Å². The first-order valence-corrected chi connectivity index (χ1v) is 6.19. The summed E-state index contributed by atoms with van der Waals surface area (Å²) in [6.07, 6.45) is 3.86. The van der Waals surface area contributed by atoms with Crippen LogP contribution in [-0.2, 0) is 0 Å². The van der Waals surface area contributed by atoms with Crippen molar-refractivity contribution in [1.29, 1.82) is 0 Å². The minimum Gasteiger partial charge on any atom is -0.399 e. The molecule has 90 valence electrons. The van der Waals surface area contributed by atoms with Crippen molar-refractivity contribution in [3.05, 3.63) is 23.8 Å². The summed E-state index contributed by atoms with van der Waals surface area (Å²) in [6, 6.07) is 6.02. The van der Waals surface area contributed by atoms with Crippen molar-refractivity contribution in [2.75, 3.05) is 17.6 Å². The SMILES string of the molecule is Cc1cc(N)ccc1NCCCCC(C)C. The van der Waals surface area contributed by atoms with Crippen LogP contribution in [0.4, 0.5) is 11.4 Å². The van der Waals surface area contributed by atoms with Crippen LogP contribution in [0.5, 0.6) is 0 Å². The van der Waals surface area contributed by atoms with Gasteiger partial charge in [-0.25, -0.2) is 0 Å². The lowest BCUT2D eigenvalue weighted by atomic mass is 10.1. The maximum Gasteiger partial charge on any atom is 0.0371 e. The van der Waals surface area contributed by atoms with Crippen LogP contribution >= 0.6 is 0 Å². The smallest absolute Gasteiger partial charge is 0.0371 e. The third-order valence-electron chi connectivity index (χ3n) is 2.77. The van der Waals surface area contributed by atoms with E-state index in [9.17, 15) is 0 Å². The molecule has 0 fully saturated rings. The van der Waals surface area contributed by atoms with Crippen LogP contribution < -0.4 is 11.1 Å². The Morgan fingerprint density at radius 1 is 1.25 bits per heavy atom. The molecule has 0 aliphatic carbocycles. The fourth-order valence-corrected chi connectivity index (χ4v) is 1.79. The normalized spacial score (nSPS) is 10.8. The van der Waals surface area contributed by atoms with E-state index in [1.54, 1.807) is 0 Å². The van der Waals surface area contributed by atoms with Crippen molar-refractivity contribution in [3.63, 3.8) is 0 Å². The third kappa shape index (κ3) is 4.56. The zero-order chi connectivity index (χ0) is 12.0. The molecular weight excluding hydrogens is 196 g/mol. The topological polar surface area (TPSA) is 38.0 Å². The van der Waals surface area contributed by atoms with Gasteiger partial charge in [0.1, 0.15) is 0 Å². The Morgan fingerprint density at radius 3 is 2.62 bits per heavy atom. The molecule has 0 saturated carbocycles. The molecule has 0 aliphatic rings. The first kappa shape index (κ1) is 12.9. The quantitative estimate of drug-likeness (QED) is 0.565. The minimum absolute atomic E-state index is 0.818. The average Bonchev–Trinajstić information content (AvgIpc) is 2.20. The van der Waals surface area contributed by atoms with E-state index in [-0.39, 0.29) is 0 Å². The Bertz CT molecular complexity index is 319. The number of nitrogens with one attached hydrogen (secondary N) is 1. The van der Waals surface area contributed by atoms with Crippen molar-refractivity contribution < 1.29 is 0 Å². The number of anilines is 2. The Balaban J connectivity index is 2.27. The minimum atomic E-state index is 0.818. The van der Waals surface area contributed by atoms with Crippen LogP contribution in [0.25, 0.3) is 0 Å². The van der Waals surface area contributed by atoms with Crippen LogP contribution in [0.3, 0.4) is 0 Å². The molecule has 0 atom stereocenters. The molecule has 2 heteroatoms. The van der Waals surface area contributed by atoms with Crippen molar-refractivity contribution in [2.24, 2.45) is 5.92 Å². The lowest BCUT2D eigenvalue weighted by molar-refractivity contribution is 0.545. The van der Waals surface area contributed by atoms with Crippen molar-refractivity contribution >= 4 is 11.4 Å². The van der Waals surface area contributed by atoms with E-state index in [4.69, 9.17) is 5.73 Å². The van der Waals surface area contributed by atoms with Crippen LogP contribution in [0.1, 0.15) is 38.7 Å². The Morgan fingerprint density at radius 2 is 2.00 bits per heavy atom. The predicted octanol–water partition coefficient (Wildman–Crippen LogP) is 3.82. The summed E-state index contributed by atoms with van der Waals surface area (Å²) in [5.41, 5.74) is 8.98. The second kappa shape index (κ2) is 6.41. The molecule has 0 aliphatic heterocycles. The van der Waals surface area contributed by atoms with Crippen molar-refractivity contribution in [1.82, 2.24) is 0 Å². The van der Waals surface area contributed by atoms with Crippen LogP contribution in [-0.4, -0.2) is 6.54 Å². The number of nitrogens with two attached hydrogens (primary N) is 1. The van der Waals surface area contributed by atoms with E-state index in [2.05, 4.69) is 32.2 Å². The number of aryl methyl sites for hydroxylation is 1. The molecule has 0 amide bonds. The zero-order valence-corrected chi connectivity index (χ0v) is 10.7. The number of benzene rings is 1. The summed E-state index contributed by atoms with van der Waals surface area (Å²) in [6.45, 7) is 7.69. The highest BCUT2D eigenvalue weighted by Gasteiger charge is 1.98. The van der Waals surface area contributed by atoms with Gasteiger partial charge in [0.15, 0.2) is 0 Å². The standard InChI is InChI=1S/C14H24N2/c1-11(2)6-4-5-9-16-14-8-7-13(15)10-12(14)3/h7-8,10-11,16H,4-6,9,15H2,1-3H3.